The van der Waals surface area contributed by atoms with Crippen molar-refractivity contribution in [3.8, 4) is 0 Å². The van der Waals surface area contributed by atoms with Crippen molar-refractivity contribution in [2.75, 3.05) is 13.2 Å². The topological polar surface area (TPSA) is 51.2 Å². The summed E-state index contributed by atoms with van der Waals surface area (Å²) < 4.78 is 5.38. The molecule has 1 unspecified atom stereocenters. The number of aryl methyl sites for hydroxylation is 1. The maximum Gasteiger partial charge on any atom is 0.254 e. The van der Waals surface area contributed by atoms with Gasteiger partial charge in [0.1, 0.15) is 0 Å². The molecule has 0 radical (unpaired) electrons. The number of halogens is 1. The molecule has 0 aliphatic carbocycles. The fourth-order valence-electron chi connectivity index (χ4n) is 1.59. The SMILES string of the molecule is CCOCC(NC(=O)c1cnc(C)cc1Cl)C(C)C. The van der Waals surface area contributed by atoms with Crippen molar-refractivity contribution >= 4 is 17.5 Å². The Bertz CT molecular complexity index is 435. The van der Waals surface area contributed by atoms with Gasteiger partial charge in [0.05, 0.1) is 23.2 Å². The Morgan fingerprint density at radius 3 is 2.74 bits per heavy atom. The number of hydrogen-bond donors (Lipinski definition) is 1. The molecule has 0 bridgehead atoms. The van der Waals surface area contributed by atoms with Crippen LogP contribution in [0, 0.1) is 12.8 Å². The summed E-state index contributed by atoms with van der Waals surface area (Å²) >= 11 is 6.06. The quantitative estimate of drug-likeness (QED) is 0.874. The lowest BCUT2D eigenvalue weighted by Crippen LogP contribution is -2.42. The number of aromatic nitrogens is 1. The Balaban J connectivity index is 2.76. The van der Waals surface area contributed by atoms with Crippen LogP contribution in [-0.4, -0.2) is 30.1 Å². The third kappa shape index (κ3) is 4.80. The van der Waals surface area contributed by atoms with E-state index in [2.05, 4.69) is 10.3 Å². The maximum atomic E-state index is 12.2. The zero-order chi connectivity index (χ0) is 14.4. The summed E-state index contributed by atoms with van der Waals surface area (Å²) in [5.74, 6) is 0.0728. The molecule has 4 nitrogen and oxygen atoms in total. The minimum atomic E-state index is -0.212. The molecule has 0 aliphatic rings. The van der Waals surface area contributed by atoms with Crippen molar-refractivity contribution in [2.24, 2.45) is 5.92 Å². The molecule has 0 saturated heterocycles. The molecule has 0 aliphatic heterocycles. The fraction of sp³-hybridized carbons (Fsp3) is 0.571. The molecular formula is C14H21ClN2O2. The molecule has 1 heterocycles. The van der Waals surface area contributed by atoms with E-state index < -0.39 is 0 Å². The number of amides is 1. The summed E-state index contributed by atoms with van der Waals surface area (Å²) in [5, 5.41) is 3.36. The molecule has 1 aromatic rings. The third-order valence-electron chi connectivity index (χ3n) is 2.86. The van der Waals surface area contributed by atoms with E-state index in [-0.39, 0.29) is 17.9 Å². The van der Waals surface area contributed by atoms with E-state index in [0.29, 0.717) is 23.8 Å². The first kappa shape index (κ1) is 15.9. The lowest BCUT2D eigenvalue weighted by atomic mass is 10.0. The van der Waals surface area contributed by atoms with Crippen LogP contribution in [0.15, 0.2) is 12.3 Å². The molecule has 19 heavy (non-hydrogen) atoms. The van der Waals surface area contributed by atoms with Crippen LogP contribution in [0.2, 0.25) is 5.02 Å². The van der Waals surface area contributed by atoms with E-state index in [0.717, 1.165) is 5.69 Å². The van der Waals surface area contributed by atoms with Crippen molar-refractivity contribution in [3.05, 3.63) is 28.5 Å². The average molecular weight is 285 g/mol. The van der Waals surface area contributed by atoms with E-state index in [9.17, 15) is 4.79 Å². The molecular weight excluding hydrogens is 264 g/mol. The Morgan fingerprint density at radius 2 is 2.21 bits per heavy atom. The molecule has 106 valence electrons. The van der Waals surface area contributed by atoms with Gasteiger partial charge in [-0.1, -0.05) is 25.4 Å². The summed E-state index contributed by atoms with van der Waals surface area (Å²) in [5.41, 5.74) is 1.19. The molecule has 5 heteroatoms. The number of hydrogen-bond acceptors (Lipinski definition) is 3. The first-order valence-corrected chi connectivity index (χ1v) is 6.84. The van der Waals surface area contributed by atoms with E-state index in [4.69, 9.17) is 16.3 Å². The molecule has 1 N–H and O–H groups in total. The largest absolute Gasteiger partial charge is 0.380 e. The molecule has 0 aromatic carbocycles. The summed E-state index contributed by atoms with van der Waals surface area (Å²) in [6.07, 6.45) is 1.51. The molecule has 1 rings (SSSR count). The van der Waals surface area contributed by atoms with Crippen molar-refractivity contribution in [1.29, 1.82) is 0 Å². The lowest BCUT2D eigenvalue weighted by Gasteiger charge is -2.22. The van der Waals surface area contributed by atoms with Crippen molar-refractivity contribution in [2.45, 2.75) is 33.7 Å². The molecule has 1 atom stereocenters. The van der Waals surface area contributed by atoms with Gasteiger partial charge in [-0.3, -0.25) is 9.78 Å². The highest BCUT2D eigenvalue weighted by Crippen LogP contribution is 2.16. The van der Waals surface area contributed by atoms with Crippen LogP contribution in [0.1, 0.15) is 36.8 Å². The second-order valence-corrected chi connectivity index (χ2v) is 5.20. The van der Waals surface area contributed by atoms with Gasteiger partial charge >= 0.3 is 0 Å². The zero-order valence-electron chi connectivity index (χ0n) is 11.9. The van der Waals surface area contributed by atoms with Crippen molar-refractivity contribution in [1.82, 2.24) is 10.3 Å². The van der Waals surface area contributed by atoms with E-state index in [1.165, 1.54) is 6.20 Å². The van der Waals surface area contributed by atoms with Gasteiger partial charge in [0.15, 0.2) is 0 Å². The van der Waals surface area contributed by atoms with E-state index in [1.54, 1.807) is 6.07 Å². The molecule has 0 fully saturated rings. The van der Waals surface area contributed by atoms with Gasteiger partial charge in [-0.2, -0.15) is 0 Å². The van der Waals surface area contributed by atoms with Gasteiger partial charge in [-0.05, 0) is 25.8 Å². The predicted octanol–water partition coefficient (Wildman–Crippen LogP) is 2.83. The number of nitrogens with one attached hydrogen (secondary N) is 1. The monoisotopic (exact) mass is 284 g/mol. The summed E-state index contributed by atoms with van der Waals surface area (Å²) in [6.45, 7) is 8.97. The molecule has 1 amide bonds. The van der Waals surface area contributed by atoms with E-state index >= 15 is 0 Å². The van der Waals surface area contributed by atoms with Crippen molar-refractivity contribution < 1.29 is 9.53 Å². The fourth-order valence-corrected chi connectivity index (χ4v) is 1.88. The van der Waals surface area contributed by atoms with Crippen LogP contribution in [0.5, 0.6) is 0 Å². The minimum Gasteiger partial charge on any atom is -0.380 e. The zero-order valence-corrected chi connectivity index (χ0v) is 12.6. The van der Waals surface area contributed by atoms with Crippen LogP contribution in [0.25, 0.3) is 0 Å². The second kappa shape index (κ2) is 7.46. The Labute approximate surface area is 119 Å². The van der Waals surface area contributed by atoms with Gasteiger partial charge in [-0.25, -0.2) is 0 Å². The standard InChI is InChI=1S/C14H21ClN2O2/c1-5-19-8-13(9(2)3)17-14(18)11-7-16-10(4)6-12(11)15/h6-7,9,13H,5,8H2,1-4H3,(H,17,18). The first-order valence-electron chi connectivity index (χ1n) is 6.46. The van der Waals surface area contributed by atoms with Gasteiger partial charge < -0.3 is 10.1 Å². The van der Waals surface area contributed by atoms with Crippen LogP contribution in [0.3, 0.4) is 0 Å². The number of rotatable bonds is 6. The highest BCUT2D eigenvalue weighted by molar-refractivity contribution is 6.33. The van der Waals surface area contributed by atoms with Gasteiger partial charge in [0.2, 0.25) is 0 Å². The highest BCUT2D eigenvalue weighted by Gasteiger charge is 2.19. The van der Waals surface area contributed by atoms with Crippen LogP contribution >= 0.6 is 11.6 Å². The summed E-state index contributed by atoms with van der Waals surface area (Å²) in [7, 11) is 0. The highest BCUT2D eigenvalue weighted by atomic mass is 35.5. The second-order valence-electron chi connectivity index (χ2n) is 4.79. The summed E-state index contributed by atoms with van der Waals surface area (Å²) in [6, 6.07) is 1.65. The third-order valence-corrected chi connectivity index (χ3v) is 3.17. The Kier molecular flexibility index (Phi) is 6.25. The number of carbonyl (C=O) groups is 1. The number of ether oxygens (including phenoxy) is 1. The van der Waals surface area contributed by atoms with Crippen molar-refractivity contribution in [3.63, 3.8) is 0 Å². The van der Waals surface area contributed by atoms with Crippen LogP contribution in [-0.2, 0) is 4.74 Å². The molecule has 0 saturated carbocycles. The normalized spacial score (nSPS) is 12.5. The Morgan fingerprint density at radius 1 is 1.53 bits per heavy atom. The number of carbonyl (C=O) groups excluding carboxylic acids is 1. The average Bonchev–Trinajstić information content (AvgIpc) is 2.33. The predicted molar refractivity (Wildman–Crippen MR) is 76.6 cm³/mol. The molecule has 1 aromatic heterocycles. The summed E-state index contributed by atoms with van der Waals surface area (Å²) in [4.78, 5) is 16.3. The van der Waals surface area contributed by atoms with Gasteiger partial charge in [0.25, 0.3) is 5.91 Å². The minimum absolute atomic E-state index is 0.0372. The smallest absolute Gasteiger partial charge is 0.254 e. The lowest BCUT2D eigenvalue weighted by molar-refractivity contribution is 0.0806. The van der Waals surface area contributed by atoms with Gasteiger partial charge in [0, 0.05) is 18.5 Å². The number of nitrogens with zero attached hydrogens (tertiary/aromatic N) is 1. The number of pyridine rings is 1. The Hall–Kier alpha value is -1.13. The van der Waals surface area contributed by atoms with Crippen LogP contribution in [0.4, 0.5) is 0 Å². The maximum absolute atomic E-state index is 12.2. The first-order chi connectivity index (χ1) is 8.95. The molecule has 0 spiro atoms. The van der Waals surface area contributed by atoms with Gasteiger partial charge in [-0.15, -0.1) is 0 Å². The van der Waals surface area contributed by atoms with E-state index in [1.807, 2.05) is 27.7 Å². The van der Waals surface area contributed by atoms with Crippen LogP contribution < -0.4 is 5.32 Å².